The van der Waals surface area contributed by atoms with Crippen molar-refractivity contribution in [1.82, 2.24) is 5.32 Å². The first-order chi connectivity index (χ1) is 12.0. The highest BCUT2D eigenvalue weighted by atomic mass is 35.5. The smallest absolute Gasteiger partial charge is 0.220 e. The maximum atomic E-state index is 12.3. The maximum Gasteiger partial charge on any atom is 0.220 e. The number of nitrogens with one attached hydrogen (secondary N) is 1. The molecule has 2 N–H and O–H groups in total. The molecular formula is C19H21Cl2NO3. The predicted molar refractivity (Wildman–Crippen MR) is 100 cm³/mol. The summed E-state index contributed by atoms with van der Waals surface area (Å²) < 4.78 is 5.17. The molecule has 6 heteroatoms. The molecule has 2 rings (SSSR count). The zero-order valence-electron chi connectivity index (χ0n) is 14.0. The number of aliphatic hydroxyl groups is 1. The molecule has 4 nitrogen and oxygen atoms in total. The summed E-state index contributed by atoms with van der Waals surface area (Å²) in [5.74, 6) is 0.540. The summed E-state index contributed by atoms with van der Waals surface area (Å²) in [7, 11) is 1.61. The molecule has 0 aliphatic carbocycles. The summed E-state index contributed by atoms with van der Waals surface area (Å²) in [6.07, 6.45) is 0.743. The van der Waals surface area contributed by atoms with Crippen molar-refractivity contribution in [2.75, 3.05) is 13.7 Å². The van der Waals surface area contributed by atoms with Gasteiger partial charge in [-0.2, -0.15) is 0 Å². The van der Waals surface area contributed by atoms with Crippen molar-refractivity contribution < 1.29 is 14.6 Å². The molecule has 0 heterocycles. The van der Waals surface area contributed by atoms with Crippen molar-refractivity contribution in [3.05, 3.63) is 63.6 Å². The van der Waals surface area contributed by atoms with Gasteiger partial charge in [0.1, 0.15) is 5.75 Å². The van der Waals surface area contributed by atoms with Crippen molar-refractivity contribution in [1.29, 1.82) is 0 Å². The minimum absolute atomic E-state index is 0.00588. The van der Waals surface area contributed by atoms with Gasteiger partial charge in [-0.3, -0.25) is 4.79 Å². The first-order valence-corrected chi connectivity index (χ1v) is 8.74. The molecule has 2 aromatic rings. The van der Waals surface area contributed by atoms with Gasteiger partial charge in [0.05, 0.1) is 17.2 Å². The molecule has 0 saturated carbocycles. The number of benzene rings is 2. The van der Waals surface area contributed by atoms with Gasteiger partial charge in [0.2, 0.25) is 5.91 Å². The van der Waals surface area contributed by atoms with Crippen LogP contribution in [0.1, 0.15) is 29.9 Å². The number of carbonyl (C=O) groups is 1. The summed E-state index contributed by atoms with van der Waals surface area (Å²) in [5, 5.41) is 13.1. The van der Waals surface area contributed by atoms with Gasteiger partial charge in [-0.15, -0.1) is 0 Å². The average molecular weight is 382 g/mol. The van der Waals surface area contributed by atoms with Crippen LogP contribution in [-0.4, -0.2) is 24.7 Å². The van der Waals surface area contributed by atoms with Crippen LogP contribution in [0.5, 0.6) is 5.75 Å². The molecular weight excluding hydrogens is 361 g/mol. The topological polar surface area (TPSA) is 58.6 Å². The van der Waals surface area contributed by atoms with Gasteiger partial charge >= 0.3 is 0 Å². The summed E-state index contributed by atoms with van der Waals surface area (Å²) >= 11 is 12.0. The van der Waals surface area contributed by atoms with Crippen LogP contribution >= 0.6 is 23.2 Å². The number of methoxy groups -OCH3 is 1. The summed E-state index contributed by atoms with van der Waals surface area (Å²) in [4.78, 5) is 12.3. The molecule has 1 amide bonds. The van der Waals surface area contributed by atoms with Crippen LogP contribution in [0.4, 0.5) is 0 Å². The standard InChI is InChI=1S/C19H21Cl2NO3/c1-25-16-4-2-3-13(9-16)12-22-19(24)11-15(7-8-23)14-5-6-17(20)18(21)10-14/h2-6,9-10,15,23H,7-8,11-12H2,1H3,(H,22,24). The highest BCUT2D eigenvalue weighted by Crippen LogP contribution is 2.29. The number of carbonyl (C=O) groups excluding carboxylic acids is 1. The average Bonchev–Trinajstić information content (AvgIpc) is 2.62. The van der Waals surface area contributed by atoms with Crippen LogP contribution in [-0.2, 0) is 11.3 Å². The Morgan fingerprint density at radius 1 is 1.20 bits per heavy atom. The molecule has 0 saturated heterocycles. The normalized spacial score (nSPS) is 11.8. The number of aliphatic hydroxyl groups excluding tert-OH is 1. The maximum absolute atomic E-state index is 12.3. The van der Waals surface area contributed by atoms with E-state index >= 15 is 0 Å². The fraction of sp³-hybridized carbons (Fsp3) is 0.316. The van der Waals surface area contributed by atoms with Gasteiger partial charge in [-0.1, -0.05) is 41.4 Å². The number of hydrogen-bond acceptors (Lipinski definition) is 3. The number of hydrogen-bond donors (Lipinski definition) is 2. The molecule has 0 aliphatic heterocycles. The molecule has 0 fully saturated rings. The lowest BCUT2D eigenvalue weighted by molar-refractivity contribution is -0.121. The lowest BCUT2D eigenvalue weighted by Crippen LogP contribution is -2.25. The zero-order chi connectivity index (χ0) is 18.2. The zero-order valence-corrected chi connectivity index (χ0v) is 15.5. The van der Waals surface area contributed by atoms with Crippen molar-refractivity contribution in [3.63, 3.8) is 0 Å². The van der Waals surface area contributed by atoms with E-state index in [9.17, 15) is 9.90 Å². The molecule has 1 atom stereocenters. The molecule has 134 valence electrons. The summed E-state index contributed by atoms with van der Waals surface area (Å²) in [6.45, 7) is 0.414. The SMILES string of the molecule is COc1cccc(CNC(=O)CC(CCO)c2ccc(Cl)c(Cl)c2)c1. The van der Waals surface area contributed by atoms with E-state index < -0.39 is 0 Å². The summed E-state index contributed by atoms with van der Waals surface area (Å²) in [5.41, 5.74) is 1.85. The molecule has 2 aromatic carbocycles. The van der Waals surface area contributed by atoms with E-state index in [4.69, 9.17) is 27.9 Å². The van der Waals surface area contributed by atoms with Gasteiger partial charge in [-0.05, 0) is 47.7 Å². The van der Waals surface area contributed by atoms with E-state index in [2.05, 4.69) is 5.32 Å². The monoisotopic (exact) mass is 381 g/mol. The second-order valence-corrected chi connectivity index (χ2v) is 6.53. The fourth-order valence-corrected chi connectivity index (χ4v) is 2.89. The highest BCUT2D eigenvalue weighted by Gasteiger charge is 2.17. The van der Waals surface area contributed by atoms with Gasteiger partial charge in [0.25, 0.3) is 0 Å². The molecule has 0 bridgehead atoms. The van der Waals surface area contributed by atoms with Gasteiger partial charge in [0.15, 0.2) is 0 Å². The molecule has 0 radical (unpaired) electrons. The van der Waals surface area contributed by atoms with Crippen LogP contribution in [0, 0.1) is 0 Å². The highest BCUT2D eigenvalue weighted by molar-refractivity contribution is 6.42. The van der Waals surface area contributed by atoms with E-state index in [0.29, 0.717) is 23.0 Å². The van der Waals surface area contributed by atoms with Crippen LogP contribution in [0.25, 0.3) is 0 Å². The van der Waals surface area contributed by atoms with E-state index in [-0.39, 0.29) is 24.9 Å². The van der Waals surface area contributed by atoms with E-state index in [1.54, 1.807) is 19.2 Å². The van der Waals surface area contributed by atoms with Crippen LogP contribution in [0.2, 0.25) is 10.0 Å². The second-order valence-electron chi connectivity index (χ2n) is 5.72. The minimum Gasteiger partial charge on any atom is -0.497 e. The molecule has 0 aromatic heterocycles. The molecule has 0 spiro atoms. The lowest BCUT2D eigenvalue weighted by Gasteiger charge is -2.17. The Balaban J connectivity index is 1.98. The van der Waals surface area contributed by atoms with E-state index in [1.807, 2.05) is 30.3 Å². The number of rotatable bonds is 8. The largest absolute Gasteiger partial charge is 0.497 e. The van der Waals surface area contributed by atoms with Crippen molar-refractivity contribution in [2.45, 2.75) is 25.3 Å². The Morgan fingerprint density at radius 2 is 2.00 bits per heavy atom. The Labute approximate surface area is 157 Å². The first-order valence-electron chi connectivity index (χ1n) is 7.99. The molecule has 25 heavy (non-hydrogen) atoms. The fourth-order valence-electron chi connectivity index (χ4n) is 2.59. The van der Waals surface area contributed by atoms with Crippen molar-refractivity contribution in [2.24, 2.45) is 0 Å². The first kappa shape index (κ1) is 19.6. The third-order valence-corrected chi connectivity index (χ3v) is 4.69. The summed E-state index contributed by atoms with van der Waals surface area (Å²) in [6, 6.07) is 12.8. The van der Waals surface area contributed by atoms with E-state index in [0.717, 1.165) is 16.9 Å². The minimum atomic E-state index is -0.120. The van der Waals surface area contributed by atoms with Gasteiger partial charge in [-0.25, -0.2) is 0 Å². The Bertz CT molecular complexity index is 722. The number of halogens is 2. The number of ether oxygens (including phenoxy) is 1. The second kappa shape index (κ2) is 9.66. The lowest BCUT2D eigenvalue weighted by atomic mass is 9.92. The Morgan fingerprint density at radius 3 is 2.68 bits per heavy atom. The third kappa shape index (κ3) is 5.92. The van der Waals surface area contributed by atoms with Gasteiger partial charge in [0, 0.05) is 19.6 Å². The Hall–Kier alpha value is -1.75. The van der Waals surface area contributed by atoms with Crippen molar-refractivity contribution in [3.8, 4) is 5.75 Å². The molecule has 0 aliphatic rings. The van der Waals surface area contributed by atoms with Gasteiger partial charge < -0.3 is 15.2 Å². The third-order valence-electron chi connectivity index (χ3n) is 3.95. The Kier molecular flexibility index (Phi) is 7.56. The molecule has 1 unspecified atom stereocenters. The number of amides is 1. The predicted octanol–water partition coefficient (Wildman–Crippen LogP) is 4.17. The van der Waals surface area contributed by atoms with Crippen LogP contribution < -0.4 is 10.1 Å². The quantitative estimate of drug-likeness (QED) is 0.720. The van der Waals surface area contributed by atoms with Crippen LogP contribution in [0.3, 0.4) is 0 Å². The van der Waals surface area contributed by atoms with E-state index in [1.165, 1.54) is 0 Å². The van der Waals surface area contributed by atoms with Crippen molar-refractivity contribution >= 4 is 29.1 Å². The van der Waals surface area contributed by atoms with Crippen LogP contribution in [0.15, 0.2) is 42.5 Å².